The Morgan fingerprint density at radius 2 is 1.76 bits per heavy atom. The molecule has 0 aliphatic heterocycles. The van der Waals surface area contributed by atoms with Crippen LogP contribution in [0, 0.1) is 0 Å². The average Bonchev–Trinajstić information content (AvgIpc) is 2.53. The number of methoxy groups -OCH3 is 2. The van der Waals surface area contributed by atoms with E-state index < -0.39 is 44.3 Å². The second-order valence-electron chi connectivity index (χ2n) is 5.02. The number of phenols is 1. The van der Waals surface area contributed by atoms with Gasteiger partial charge in [-0.3, -0.25) is 9.35 Å². The van der Waals surface area contributed by atoms with E-state index in [0.29, 0.717) is 0 Å². The molecule has 0 fully saturated rings. The van der Waals surface area contributed by atoms with E-state index in [1.165, 1.54) is 24.3 Å². The summed E-state index contributed by atoms with van der Waals surface area (Å²) in [5, 5.41) is 20.1. The van der Waals surface area contributed by atoms with Crippen molar-refractivity contribution in [2.45, 2.75) is 12.2 Å². The van der Waals surface area contributed by atoms with Crippen LogP contribution in [-0.2, 0) is 24.4 Å². The Labute approximate surface area is 166 Å². The van der Waals surface area contributed by atoms with Crippen LogP contribution in [0.1, 0.15) is 12.0 Å². The summed E-state index contributed by atoms with van der Waals surface area (Å²) in [5.41, 5.74) is -0.456. The fraction of sp³-hybridized carbons (Fsp3) is 0.267. The third-order valence-corrected chi connectivity index (χ3v) is 4.68. The minimum atomic E-state index is -4.79. The van der Waals surface area contributed by atoms with Crippen molar-refractivity contribution in [3.05, 3.63) is 46.4 Å². The summed E-state index contributed by atoms with van der Waals surface area (Å²) in [6.07, 6.45) is 0.189. The number of rotatable bonds is 4. The summed E-state index contributed by atoms with van der Waals surface area (Å²) in [5.74, 6) is -3.60. The molecule has 1 aliphatic carbocycles. The van der Waals surface area contributed by atoms with Gasteiger partial charge in [0.15, 0.2) is 5.78 Å². The molecule has 1 aromatic carbocycles. The number of aromatic hydroxyl groups is 1. The van der Waals surface area contributed by atoms with Gasteiger partial charge in [-0.15, -0.1) is 0 Å². The van der Waals surface area contributed by atoms with Gasteiger partial charge in [-0.25, -0.2) is 0 Å². The van der Waals surface area contributed by atoms with Crippen LogP contribution in [0.5, 0.6) is 5.75 Å². The Bertz CT molecular complexity index is 837. The van der Waals surface area contributed by atoms with Crippen LogP contribution >= 0.6 is 0 Å². The maximum Gasteiger partial charge on any atom is 0.296 e. The molecule has 0 saturated heterocycles. The smallest absolute Gasteiger partial charge is 0.296 e. The van der Waals surface area contributed by atoms with E-state index in [9.17, 15) is 28.0 Å². The Hall–Kier alpha value is -1.20. The Kier molecular flexibility index (Phi) is 6.99. The van der Waals surface area contributed by atoms with E-state index in [0.717, 1.165) is 20.3 Å². The maximum absolute atomic E-state index is 12.3. The molecule has 0 amide bonds. The topological polar surface area (TPSA) is 130 Å². The number of ether oxygens (including phenoxy) is 2. The number of benzene rings is 1. The number of phenolic OH excluding ortho intramolecular Hbond substituents is 1. The minimum Gasteiger partial charge on any atom is -0.507 e. The van der Waals surface area contributed by atoms with Gasteiger partial charge in [0.05, 0.1) is 17.6 Å². The van der Waals surface area contributed by atoms with Crippen molar-refractivity contribution in [2.24, 2.45) is 0 Å². The number of Topliss-reactive ketones (excluding diaryl/α,β-unsaturated/α-hetero) is 1. The molecule has 0 heterocycles. The predicted molar refractivity (Wildman–Crippen MR) is 89.4 cm³/mol. The number of carbonyl (C=O) groups is 1. The molecule has 1 aromatic rings. The van der Waals surface area contributed by atoms with Gasteiger partial charge in [-0.05, 0) is 18.2 Å². The molecule has 0 saturated carbocycles. The zero-order chi connectivity index (χ0) is 18.1. The summed E-state index contributed by atoms with van der Waals surface area (Å²) < 4.78 is 42.7. The number of carbonyl (C=O) groups excluding carboxylic acids is 1. The molecular weight excluding hydrogens is 363 g/mol. The zero-order valence-corrected chi connectivity index (χ0v) is 16.7. The molecule has 0 spiro atoms. The fourth-order valence-electron chi connectivity index (χ4n) is 2.43. The van der Waals surface area contributed by atoms with Gasteiger partial charge in [0, 0.05) is 43.8 Å². The van der Waals surface area contributed by atoms with Crippen LogP contribution in [0.3, 0.4) is 0 Å². The van der Waals surface area contributed by atoms with Crippen LogP contribution in [0.25, 0.3) is 5.76 Å². The van der Waals surface area contributed by atoms with Gasteiger partial charge in [-0.1, -0.05) is 12.1 Å². The van der Waals surface area contributed by atoms with Gasteiger partial charge in [0.1, 0.15) is 16.4 Å². The van der Waals surface area contributed by atoms with Crippen molar-refractivity contribution < 1.29 is 37.5 Å². The largest absolute Gasteiger partial charge is 0.507 e. The fourth-order valence-corrected chi connectivity index (χ4v) is 3.33. The SMILES string of the molecule is COC1(OC)CC(=O)C(=C(O)c2ccccc2O)C=C1S(=O)(=O)O.[Na]. The van der Waals surface area contributed by atoms with Crippen LogP contribution in [0.2, 0.25) is 0 Å². The standard InChI is InChI=1S/C15H16O8S.Na/c1-22-15(23-2)8-12(17)10(7-13(15)24(19,20)21)14(18)9-5-3-4-6-11(9)16;/h3-7,16,18H,8H2,1-2H3,(H,19,20,21);. The van der Waals surface area contributed by atoms with E-state index >= 15 is 0 Å². The van der Waals surface area contributed by atoms with E-state index in [-0.39, 0.29) is 40.9 Å². The zero-order valence-electron chi connectivity index (χ0n) is 13.9. The minimum absolute atomic E-state index is 0. The molecule has 131 valence electrons. The third-order valence-electron chi connectivity index (χ3n) is 3.70. The predicted octanol–water partition coefficient (Wildman–Crippen LogP) is 1.01. The number of para-hydroxylation sites is 1. The Balaban J connectivity index is 0.00000312. The molecule has 1 radical (unpaired) electrons. The van der Waals surface area contributed by atoms with Crippen molar-refractivity contribution in [1.29, 1.82) is 0 Å². The monoisotopic (exact) mass is 379 g/mol. The summed E-state index contributed by atoms with van der Waals surface area (Å²) in [4.78, 5) is 11.6. The Morgan fingerprint density at radius 3 is 2.24 bits per heavy atom. The quantitative estimate of drug-likeness (QED) is 0.232. The van der Waals surface area contributed by atoms with Crippen molar-refractivity contribution in [3.8, 4) is 5.75 Å². The average molecular weight is 379 g/mol. The summed E-state index contributed by atoms with van der Waals surface area (Å²) >= 11 is 0. The molecule has 0 bridgehead atoms. The summed E-state index contributed by atoms with van der Waals surface area (Å²) in [7, 11) is -2.55. The normalized spacial score (nSPS) is 19.0. The maximum atomic E-state index is 12.3. The van der Waals surface area contributed by atoms with Gasteiger partial charge >= 0.3 is 0 Å². The van der Waals surface area contributed by atoms with Crippen LogP contribution < -0.4 is 0 Å². The summed E-state index contributed by atoms with van der Waals surface area (Å²) in [6, 6.07) is 5.67. The first-order valence-electron chi connectivity index (χ1n) is 6.71. The molecule has 1 aliphatic rings. The molecule has 25 heavy (non-hydrogen) atoms. The number of ketones is 1. The van der Waals surface area contributed by atoms with E-state index in [1.807, 2.05) is 0 Å². The van der Waals surface area contributed by atoms with Gasteiger partial charge in [0.25, 0.3) is 10.1 Å². The van der Waals surface area contributed by atoms with Crippen molar-refractivity contribution >= 4 is 51.2 Å². The van der Waals surface area contributed by atoms with Gasteiger partial charge in [0.2, 0.25) is 5.79 Å². The molecule has 3 N–H and O–H groups in total. The number of allylic oxidation sites excluding steroid dienone is 2. The molecule has 2 rings (SSSR count). The van der Waals surface area contributed by atoms with Crippen LogP contribution in [-0.4, -0.2) is 78.5 Å². The summed E-state index contributed by atoms with van der Waals surface area (Å²) in [6.45, 7) is 0. The van der Waals surface area contributed by atoms with Gasteiger partial charge in [-0.2, -0.15) is 8.42 Å². The molecule has 10 heteroatoms. The molecule has 8 nitrogen and oxygen atoms in total. The number of hydrogen-bond donors (Lipinski definition) is 3. The second-order valence-corrected chi connectivity index (χ2v) is 6.41. The number of hydrogen-bond acceptors (Lipinski definition) is 7. The van der Waals surface area contributed by atoms with Gasteiger partial charge < -0.3 is 19.7 Å². The first-order chi connectivity index (χ1) is 11.2. The molecule has 0 unspecified atom stereocenters. The van der Waals surface area contributed by atoms with Crippen LogP contribution in [0.15, 0.2) is 40.8 Å². The molecule has 0 atom stereocenters. The van der Waals surface area contributed by atoms with Crippen molar-refractivity contribution in [2.75, 3.05) is 14.2 Å². The third kappa shape index (κ3) is 4.14. The van der Waals surface area contributed by atoms with E-state index in [1.54, 1.807) is 0 Å². The Morgan fingerprint density at radius 1 is 1.20 bits per heavy atom. The molecular formula is C15H16NaO8S. The molecule has 0 aromatic heterocycles. The van der Waals surface area contributed by atoms with E-state index in [2.05, 4.69) is 0 Å². The number of aliphatic hydroxyl groups is 1. The van der Waals surface area contributed by atoms with E-state index in [4.69, 9.17) is 9.47 Å². The van der Waals surface area contributed by atoms with Crippen molar-refractivity contribution in [3.63, 3.8) is 0 Å². The first-order valence-corrected chi connectivity index (χ1v) is 8.15. The van der Waals surface area contributed by atoms with Crippen LogP contribution in [0.4, 0.5) is 0 Å². The second kappa shape index (κ2) is 8.00. The first kappa shape index (κ1) is 21.8. The number of aliphatic hydroxyl groups excluding tert-OH is 1. The van der Waals surface area contributed by atoms with Crippen molar-refractivity contribution in [1.82, 2.24) is 0 Å².